The Hall–Kier alpha value is -4.88. The van der Waals surface area contributed by atoms with Crippen molar-refractivity contribution >= 4 is 17.1 Å². The van der Waals surface area contributed by atoms with Crippen LogP contribution < -0.4 is 4.90 Å². The highest BCUT2D eigenvalue weighted by Crippen LogP contribution is 2.55. The Morgan fingerprint density at radius 1 is 0.463 bits per heavy atom. The molecule has 0 N–H and O–H groups in total. The van der Waals surface area contributed by atoms with Gasteiger partial charge in [0.15, 0.2) is 0 Å². The quantitative estimate of drug-likeness (QED) is 0.215. The molecule has 0 saturated carbocycles. The SMILES string of the molecule is Cc1ccc(N(c2ccc(-c3ccccc3)cc2)c2ccc(-c3ccccc3)cc2)c2c1-c1ccccc1C2(C)C. The molecule has 0 spiro atoms. The van der Waals surface area contributed by atoms with Crippen molar-refractivity contribution in [2.45, 2.75) is 26.2 Å². The first-order chi connectivity index (χ1) is 20.0. The van der Waals surface area contributed by atoms with Crippen molar-refractivity contribution in [3.05, 3.63) is 162 Å². The van der Waals surface area contributed by atoms with Gasteiger partial charge in [0.05, 0.1) is 5.69 Å². The Bertz CT molecular complexity index is 1750. The highest BCUT2D eigenvalue weighted by atomic mass is 15.1. The Morgan fingerprint density at radius 2 is 0.927 bits per heavy atom. The summed E-state index contributed by atoms with van der Waals surface area (Å²) in [6, 6.07) is 52.7. The third kappa shape index (κ3) is 4.26. The average molecular weight is 528 g/mol. The molecule has 7 rings (SSSR count). The van der Waals surface area contributed by atoms with Gasteiger partial charge >= 0.3 is 0 Å². The molecule has 0 atom stereocenters. The molecule has 1 aliphatic carbocycles. The molecule has 1 heteroatoms. The van der Waals surface area contributed by atoms with Gasteiger partial charge in [-0.05, 0) is 87.3 Å². The summed E-state index contributed by atoms with van der Waals surface area (Å²) in [5, 5.41) is 0. The van der Waals surface area contributed by atoms with Crippen molar-refractivity contribution in [1.82, 2.24) is 0 Å². The van der Waals surface area contributed by atoms with E-state index in [0.29, 0.717) is 0 Å². The molecule has 0 radical (unpaired) electrons. The summed E-state index contributed by atoms with van der Waals surface area (Å²) in [6.45, 7) is 6.99. The summed E-state index contributed by atoms with van der Waals surface area (Å²) >= 11 is 0. The maximum atomic E-state index is 2.44. The van der Waals surface area contributed by atoms with Crippen molar-refractivity contribution in [1.29, 1.82) is 0 Å². The lowest BCUT2D eigenvalue weighted by Gasteiger charge is -2.32. The van der Waals surface area contributed by atoms with Crippen LogP contribution in [0.2, 0.25) is 0 Å². The van der Waals surface area contributed by atoms with E-state index in [0.717, 1.165) is 11.4 Å². The minimum Gasteiger partial charge on any atom is -0.310 e. The van der Waals surface area contributed by atoms with Crippen molar-refractivity contribution in [2.24, 2.45) is 0 Å². The molecule has 0 saturated heterocycles. The highest BCUT2D eigenvalue weighted by molar-refractivity contribution is 5.92. The maximum absolute atomic E-state index is 2.44. The standard InChI is InChI=1S/C40H33N/c1-28-18-27-37(39-38(28)35-16-10-11-17-36(35)40(39,2)3)41(33-23-19-31(20-24-33)29-12-6-4-7-13-29)34-25-21-32(22-26-34)30-14-8-5-9-15-30/h4-27H,1-3H3. The van der Waals surface area contributed by atoms with Gasteiger partial charge in [0.1, 0.15) is 0 Å². The monoisotopic (exact) mass is 527 g/mol. The topological polar surface area (TPSA) is 3.24 Å². The third-order valence-corrected chi connectivity index (χ3v) is 8.59. The molecular weight excluding hydrogens is 494 g/mol. The number of anilines is 3. The fourth-order valence-electron chi connectivity index (χ4n) is 6.54. The molecule has 6 aromatic carbocycles. The zero-order valence-corrected chi connectivity index (χ0v) is 23.8. The third-order valence-electron chi connectivity index (χ3n) is 8.59. The maximum Gasteiger partial charge on any atom is 0.0508 e. The van der Waals surface area contributed by atoms with Gasteiger partial charge in [0.2, 0.25) is 0 Å². The van der Waals surface area contributed by atoms with Crippen LogP contribution in [0.4, 0.5) is 17.1 Å². The van der Waals surface area contributed by atoms with Crippen LogP contribution in [0, 0.1) is 6.92 Å². The zero-order chi connectivity index (χ0) is 28.0. The van der Waals surface area contributed by atoms with Crippen molar-refractivity contribution in [3.8, 4) is 33.4 Å². The van der Waals surface area contributed by atoms with Crippen LogP contribution in [0.1, 0.15) is 30.5 Å². The van der Waals surface area contributed by atoms with Crippen LogP contribution in [0.25, 0.3) is 33.4 Å². The van der Waals surface area contributed by atoms with Crippen LogP contribution in [0.5, 0.6) is 0 Å². The molecular formula is C40H33N. The first kappa shape index (κ1) is 25.1. The molecule has 0 bridgehead atoms. The fourth-order valence-corrected chi connectivity index (χ4v) is 6.54. The second-order valence-electron chi connectivity index (χ2n) is 11.5. The van der Waals surface area contributed by atoms with Gasteiger partial charge in [-0.3, -0.25) is 0 Å². The average Bonchev–Trinajstić information content (AvgIpc) is 3.28. The smallest absolute Gasteiger partial charge is 0.0508 e. The lowest BCUT2D eigenvalue weighted by molar-refractivity contribution is 0.660. The Morgan fingerprint density at radius 3 is 1.46 bits per heavy atom. The summed E-state index contributed by atoms with van der Waals surface area (Å²) < 4.78 is 0. The first-order valence-corrected chi connectivity index (χ1v) is 14.4. The van der Waals surface area contributed by atoms with Gasteiger partial charge in [-0.2, -0.15) is 0 Å². The fraction of sp³-hybridized carbons (Fsp3) is 0.100. The predicted octanol–water partition coefficient (Wildman–Crippen LogP) is 11.1. The van der Waals surface area contributed by atoms with E-state index >= 15 is 0 Å². The number of nitrogens with zero attached hydrogens (tertiary/aromatic N) is 1. The highest BCUT2D eigenvalue weighted by Gasteiger charge is 2.39. The van der Waals surface area contributed by atoms with E-state index in [4.69, 9.17) is 0 Å². The number of hydrogen-bond donors (Lipinski definition) is 0. The largest absolute Gasteiger partial charge is 0.310 e. The molecule has 0 heterocycles. The summed E-state index contributed by atoms with van der Waals surface area (Å²) in [5.41, 5.74) is 15.1. The van der Waals surface area contributed by atoms with Crippen LogP contribution >= 0.6 is 0 Å². The van der Waals surface area contributed by atoms with Gasteiger partial charge in [-0.1, -0.05) is 129 Å². The van der Waals surface area contributed by atoms with Gasteiger partial charge < -0.3 is 4.90 Å². The van der Waals surface area contributed by atoms with E-state index in [1.807, 2.05) is 0 Å². The number of hydrogen-bond acceptors (Lipinski definition) is 1. The summed E-state index contributed by atoms with van der Waals surface area (Å²) in [5.74, 6) is 0. The molecule has 1 aliphatic rings. The Balaban J connectivity index is 1.41. The van der Waals surface area contributed by atoms with E-state index in [9.17, 15) is 0 Å². The van der Waals surface area contributed by atoms with Crippen LogP contribution in [0.15, 0.2) is 146 Å². The van der Waals surface area contributed by atoms with Crippen LogP contribution in [-0.2, 0) is 5.41 Å². The van der Waals surface area contributed by atoms with Crippen molar-refractivity contribution in [3.63, 3.8) is 0 Å². The minimum absolute atomic E-state index is 0.126. The number of rotatable bonds is 5. The molecule has 41 heavy (non-hydrogen) atoms. The normalized spacial score (nSPS) is 13.0. The van der Waals surface area contributed by atoms with Gasteiger partial charge in [0, 0.05) is 16.8 Å². The van der Waals surface area contributed by atoms with Crippen LogP contribution in [-0.4, -0.2) is 0 Å². The summed E-state index contributed by atoms with van der Waals surface area (Å²) in [4.78, 5) is 2.44. The molecule has 0 aliphatic heterocycles. The van der Waals surface area contributed by atoms with E-state index in [1.165, 1.54) is 55.8 Å². The van der Waals surface area contributed by atoms with Crippen molar-refractivity contribution < 1.29 is 0 Å². The number of aryl methyl sites for hydroxylation is 1. The second-order valence-corrected chi connectivity index (χ2v) is 11.5. The molecule has 0 fully saturated rings. The van der Waals surface area contributed by atoms with E-state index in [2.05, 4.69) is 171 Å². The Kier molecular flexibility index (Phi) is 6.09. The van der Waals surface area contributed by atoms with E-state index in [1.54, 1.807) is 0 Å². The van der Waals surface area contributed by atoms with Crippen LogP contribution in [0.3, 0.4) is 0 Å². The first-order valence-electron chi connectivity index (χ1n) is 14.4. The summed E-state index contributed by atoms with van der Waals surface area (Å²) in [7, 11) is 0. The lowest BCUT2D eigenvalue weighted by Crippen LogP contribution is -2.20. The van der Waals surface area contributed by atoms with Crippen molar-refractivity contribution in [2.75, 3.05) is 4.90 Å². The molecule has 0 unspecified atom stereocenters. The number of benzene rings is 6. The molecule has 0 amide bonds. The molecule has 198 valence electrons. The minimum atomic E-state index is -0.126. The summed E-state index contributed by atoms with van der Waals surface area (Å²) in [6.07, 6.45) is 0. The van der Waals surface area contributed by atoms with Gasteiger partial charge in [-0.25, -0.2) is 0 Å². The van der Waals surface area contributed by atoms with Gasteiger partial charge in [-0.15, -0.1) is 0 Å². The predicted molar refractivity (Wildman–Crippen MR) is 174 cm³/mol. The van der Waals surface area contributed by atoms with Gasteiger partial charge in [0.25, 0.3) is 0 Å². The molecule has 1 nitrogen and oxygen atoms in total. The Labute approximate surface area is 243 Å². The van der Waals surface area contributed by atoms with E-state index < -0.39 is 0 Å². The molecule has 6 aromatic rings. The molecule has 0 aromatic heterocycles. The number of fused-ring (bicyclic) bond motifs is 3. The van der Waals surface area contributed by atoms with E-state index in [-0.39, 0.29) is 5.41 Å². The zero-order valence-electron chi connectivity index (χ0n) is 23.8. The lowest BCUT2D eigenvalue weighted by atomic mass is 9.81. The second kappa shape index (κ2) is 9.94.